The first-order valence-corrected chi connectivity index (χ1v) is 8.56. The standard InChI is InChI=1S/C20H18F2N2O4/c21-20(22)28-14-7-5-13(6-8-14)9-10-23-18(25)12-27-19(26)16-11-24-17-4-2-1-3-15(16)17/h1-8,11,20,24H,9-10,12H2,(H,23,25). The van der Waals surface area contributed by atoms with E-state index in [4.69, 9.17) is 4.74 Å². The van der Waals surface area contributed by atoms with Crippen LogP contribution in [0.3, 0.4) is 0 Å². The molecule has 2 aromatic carbocycles. The number of carbonyl (C=O) groups is 2. The molecule has 3 rings (SSSR count). The lowest BCUT2D eigenvalue weighted by atomic mass is 10.1. The molecule has 0 saturated carbocycles. The van der Waals surface area contributed by atoms with Crippen molar-refractivity contribution in [3.05, 3.63) is 65.9 Å². The van der Waals surface area contributed by atoms with Gasteiger partial charge in [-0.25, -0.2) is 4.79 Å². The number of H-pyrrole nitrogens is 1. The number of aromatic amines is 1. The van der Waals surface area contributed by atoms with Crippen molar-refractivity contribution in [3.63, 3.8) is 0 Å². The van der Waals surface area contributed by atoms with Gasteiger partial charge in [0.2, 0.25) is 0 Å². The van der Waals surface area contributed by atoms with Crippen LogP contribution in [0.25, 0.3) is 10.9 Å². The van der Waals surface area contributed by atoms with Crippen LogP contribution < -0.4 is 10.1 Å². The molecule has 0 fully saturated rings. The van der Waals surface area contributed by atoms with E-state index in [1.165, 1.54) is 12.1 Å². The molecule has 2 N–H and O–H groups in total. The maximum absolute atomic E-state index is 12.1. The Labute approximate surface area is 159 Å². The molecule has 1 amide bonds. The minimum absolute atomic E-state index is 0.0759. The second-order valence-electron chi connectivity index (χ2n) is 5.95. The molecule has 3 aromatic rings. The average molecular weight is 388 g/mol. The third-order valence-electron chi connectivity index (χ3n) is 4.03. The van der Waals surface area contributed by atoms with Gasteiger partial charge in [0, 0.05) is 23.6 Å². The van der Waals surface area contributed by atoms with E-state index in [1.807, 2.05) is 18.2 Å². The molecule has 0 spiro atoms. The van der Waals surface area contributed by atoms with Crippen LogP contribution in [0.1, 0.15) is 15.9 Å². The Balaban J connectivity index is 1.41. The molecular formula is C20H18F2N2O4. The second kappa shape index (κ2) is 8.98. The Morgan fingerprint density at radius 3 is 2.57 bits per heavy atom. The number of benzene rings is 2. The van der Waals surface area contributed by atoms with E-state index in [-0.39, 0.29) is 12.4 Å². The summed E-state index contributed by atoms with van der Waals surface area (Å²) in [5.74, 6) is -0.931. The van der Waals surface area contributed by atoms with Crippen LogP contribution in [-0.4, -0.2) is 36.6 Å². The van der Waals surface area contributed by atoms with Crippen molar-refractivity contribution in [2.24, 2.45) is 0 Å². The molecule has 0 aliphatic heterocycles. The smallest absolute Gasteiger partial charge is 0.387 e. The van der Waals surface area contributed by atoms with Crippen LogP contribution in [0.2, 0.25) is 0 Å². The molecule has 28 heavy (non-hydrogen) atoms. The number of halogens is 2. The number of esters is 1. The highest BCUT2D eigenvalue weighted by atomic mass is 19.3. The Bertz CT molecular complexity index is 954. The Morgan fingerprint density at radius 1 is 1.07 bits per heavy atom. The van der Waals surface area contributed by atoms with E-state index in [9.17, 15) is 18.4 Å². The zero-order valence-electron chi connectivity index (χ0n) is 14.8. The van der Waals surface area contributed by atoms with Gasteiger partial charge < -0.3 is 19.8 Å². The number of rotatable bonds is 8. The second-order valence-corrected chi connectivity index (χ2v) is 5.95. The van der Waals surface area contributed by atoms with Crippen molar-refractivity contribution in [1.29, 1.82) is 0 Å². The highest BCUT2D eigenvalue weighted by molar-refractivity contribution is 6.04. The van der Waals surface area contributed by atoms with Gasteiger partial charge in [0.25, 0.3) is 5.91 Å². The van der Waals surface area contributed by atoms with E-state index in [0.717, 1.165) is 16.5 Å². The SMILES string of the molecule is O=C(COC(=O)c1c[nH]c2ccccc12)NCCc1ccc(OC(F)F)cc1. The summed E-state index contributed by atoms with van der Waals surface area (Å²) in [5, 5.41) is 3.37. The normalized spacial score (nSPS) is 10.8. The van der Waals surface area contributed by atoms with Crippen molar-refractivity contribution in [3.8, 4) is 5.75 Å². The van der Waals surface area contributed by atoms with Crippen LogP contribution in [0.5, 0.6) is 5.75 Å². The molecule has 0 bridgehead atoms. The van der Waals surface area contributed by atoms with Gasteiger partial charge in [-0.05, 0) is 30.2 Å². The molecule has 0 saturated heterocycles. The van der Waals surface area contributed by atoms with Crippen LogP contribution in [-0.2, 0) is 16.0 Å². The minimum Gasteiger partial charge on any atom is -0.452 e. The first-order valence-electron chi connectivity index (χ1n) is 8.56. The number of nitrogens with one attached hydrogen (secondary N) is 2. The van der Waals surface area contributed by atoms with Crippen LogP contribution in [0.15, 0.2) is 54.7 Å². The van der Waals surface area contributed by atoms with Gasteiger partial charge in [0.1, 0.15) is 5.75 Å². The number of hydrogen-bond acceptors (Lipinski definition) is 4. The number of amides is 1. The topological polar surface area (TPSA) is 80.4 Å². The predicted molar refractivity (Wildman–Crippen MR) is 98.4 cm³/mol. The van der Waals surface area contributed by atoms with Gasteiger partial charge in [-0.2, -0.15) is 8.78 Å². The number of alkyl halides is 2. The summed E-state index contributed by atoms with van der Waals surface area (Å²) in [7, 11) is 0. The quantitative estimate of drug-likeness (QED) is 0.581. The van der Waals surface area contributed by atoms with Gasteiger partial charge in [0.05, 0.1) is 5.56 Å². The van der Waals surface area contributed by atoms with Crippen molar-refractivity contribution < 1.29 is 27.8 Å². The molecule has 1 heterocycles. The Kier molecular flexibility index (Phi) is 6.21. The molecular weight excluding hydrogens is 370 g/mol. The maximum Gasteiger partial charge on any atom is 0.387 e. The number of carbonyl (C=O) groups excluding carboxylic acids is 2. The van der Waals surface area contributed by atoms with E-state index in [1.54, 1.807) is 24.4 Å². The maximum atomic E-state index is 12.1. The van der Waals surface area contributed by atoms with Crippen molar-refractivity contribution >= 4 is 22.8 Å². The molecule has 1 aromatic heterocycles. The highest BCUT2D eigenvalue weighted by Gasteiger charge is 2.14. The summed E-state index contributed by atoms with van der Waals surface area (Å²) in [6.45, 7) is -2.94. The zero-order chi connectivity index (χ0) is 19.9. The van der Waals surface area contributed by atoms with Gasteiger partial charge in [-0.3, -0.25) is 4.79 Å². The van der Waals surface area contributed by atoms with Crippen LogP contribution in [0, 0.1) is 0 Å². The third kappa shape index (κ3) is 5.06. The number of fused-ring (bicyclic) bond motifs is 1. The zero-order valence-corrected chi connectivity index (χ0v) is 14.8. The summed E-state index contributed by atoms with van der Waals surface area (Å²) in [6.07, 6.45) is 2.05. The third-order valence-corrected chi connectivity index (χ3v) is 4.03. The van der Waals surface area contributed by atoms with Gasteiger partial charge in [0.15, 0.2) is 6.61 Å². The van der Waals surface area contributed by atoms with E-state index < -0.39 is 18.5 Å². The number of hydrogen-bond donors (Lipinski definition) is 2. The summed E-state index contributed by atoms with van der Waals surface area (Å²) in [5.41, 5.74) is 2.02. The Hall–Kier alpha value is -3.42. The molecule has 6 nitrogen and oxygen atoms in total. The fraction of sp³-hybridized carbons (Fsp3) is 0.200. The first-order chi connectivity index (χ1) is 13.5. The minimum atomic E-state index is -2.86. The van der Waals surface area contributed by atoms with Gasteiger partial charge >= 0.3 is 12.6 Å². The van der Waals surface area contributed by atoms with E-state index >= 15 is 0 Å². The number of para-hydroxylation sites is 1. The lowest BCUT2D eigenvalue weighted by Crippen LogP contribution is -2.30. The van der Waals surface area contributed by atoms with Crippen molar-refractivity contribution in [1.82, 2.24) is 10.3 Å². The first kappa shape index (κ1) is 19.3. The van der Waals surface area contributed by atoms with E-state index in [2.05, 4.69) is 15.0 Å². The van der Waals surface area contributed by atoms with Gasteiger partial charge in [-0.1, -0.05) is 30.3 Å². The summed E-state index contributed by atoms with van der Waals surface area (Å²) in [4.78, 5) is 27.0. The van der Waals surface area contributed by atoms with Gasteiger partial charge in [-0.15, -0.1) is 0 Å². The van der Waals surface area contributed by atoms with Crippen LogP contribution >= 0.6 is 0 Å². The molecule has 0 aliphatic rings. The summed E-state index contributed by atoms with van der Waals surface area (Å²) < 4.78 is 33.5. The molecule has 0 atom stereocenters. The van der Waals surface area contributed by atoms with E-state index in [0.29, 0.717) is 18.5 Å². The monoisotopic (exact) mass is 388 g/mol. The summed E-state index contributed by atoms with van der Waals surface area (Å²) in [6, 6.07) is 13.4. The average Bonchev–Trinajstić information content (AvgIpc) is 3.11. The summed E-state index contributed by atoms with van der Waals surface area (Å²) >= 11 is 0. The lowest BCUT2D eigenvalue weighted by Gasteiger charge is -2.08. The molecule has 146 valence electrons. The Morgan fingerprint density at radius 2 is 1.82 bits per heavy atom. The fourth-order valence-corrected chi connectivity index (χ4v) is 2.68. The molecule has 8 heteroatoms. The van der Waals surface area contributed by atoms with Crippen molar-refractivity contribution in [2.75, 3.05) is 13.2 Å². The molecule has 0 unspecified atom stereocenters. The van der Waals surface area contributed by atoms with Crippen LogP contribution in [0.4, 0.5) is 8.78 Å². The highest BCUT2D eigenvalue weighted by Crippen LogP contribution is 2.18. The predicted octanol–water partition coefficient (Wildman–Crippen LogP) is 3.29. The van der Waals surface area contributed by atoms with Crippen molar-refractivity contribution in [2.45, 2.75) is 13.0 Å². The number of ether oxygens (including phenoxy) is 2. The molecule has 0 radical (unpaired) electrons. The lowest BCUT2D eigenvalue weighted by molar-refractivity contribution is -0.124. The molecule has 0 aliphatic carbocycles. The number of aromatic nitrogens is 1. The fourth-order valence-electron chi connectivity index (χ4n) is 2.68. The largest absolute Gasteiger partial charge is 0.452 e.